The first-order valence-electron chi connectivity index (χ1n) is 9.20. The average Bonchev–Trinajstić information content (AvgIpc) is 3.29. The number of thiazole rings is 1. The largest absolute Gasteiger partial charge is 0.454 e. The molecule has 1 aromatic carbocycles. The molecule has 7 nitrogen and oxygen atoms in total. The Morgan fingerprint density at radius 1 is 1.23 bits per heavy atom. The monoisotopic (exact) mass is 554 g/mol. The second-order valence-electron chi connectivity index (χ2n) is 6.79. The molecule has 0 aliphatic carbocycles. The summed E-state index contributed by atoms with van der Waals surface area (Å²) in [6, 6.07) is 3.04. The maximum absolute atomic E-state index is 12.8. The Bertz CT molecular complexity index is 864. The smallest absolute Gasteiger partial charge is 0.387 e. The molecule has 2 heterocycles. The number of rotatable bonds is 8. The molecule has 2 aromatic rings. The molecule has 0 radical (unpaired) electrons. The molecule has 0 unspecified atom stereocenters. The minimum atomic E-state index is -2.93. The lowest BCUT2D eigenvalue weighted by atomic mass is 10.1. The van der Waals surface area contributed by atoms with Crippen LogP contribution in [0.4, 0.5) is 8.78 Å². The van der Waals surface area contributed by atoms with Gasteiger partial charge in [0.05, 0.1) is 11.6 Å². The van der Waals surface area contributed by atoms with Gasteiger partial charge in [0, 0.05) is 42.7 Å². The van der Waals surface area contributed by atoms with E-state index < -0.39 is 6.61 Å². The van der Waals surface area contributed by atoms with Crippen molar-refractivity contribution in [1.82, 2.24) is 15.6 Å². The second-order valence-corrected chi connectivity index (χ2v) is 7.99. The third-order valence-corrected chi connectivity index (χ3v) is 5.08. The van der Waals surface area contributed by atoms with Crippen molar-refractivity contribution >= 4 is 41.3 Å². The Labute approximate surface area is 195 Å². The third kappa shape index (κ3) is 6.83. The highest BCUT2D eigenvalue weighted by Crippen LogP contribution is 2.38. The highest BCUT2D eigenvalue weighted by Gasteiger charge is 2.20. The van der Waals surface area contributed by atoms with Crippen molar-refractivity contribution in [3.8, 4) is 17.2 Å². The van der Waals surface area contributed by atoms with Gasteiger partial charge >= 0.3 is 6.61 Å². The van der Waals surface area contributed by atoms with Crippen molar-refractivity contribution in [1.29, 1.82) is 0 Å². The molecule has 1 aromatic heterocycles. The Hall–Kier alpha value is -1.89. The van der Waals surface area contributed by atoms with Crippen LogP contribution in [-0.4, -0.2) is 31.4 Å². The summed E-state index contributed by atoms with van der Waals surface area (Å²) in [6.07, 6.45) is 2.81. The molecular weight excluding hydrogens is 529 g/mol. The van der Waals surface area contributed by atoms with Crippen molar-refractivity contribution in [3.63, 3.8) is 0 Å². The van der Waals surface area contributed by atoms with Crippen LogP contribution in [0.1, 0.15) is 29.3 Å². The van der Waals surface area contributed by atoms with E-state index in [1.165, 1.54) is 6.07 Å². The van der Waals surface area contributed by atoms with Gasteiger partial charge in [-0.2, -0.15) is 8.78 Å². The molecule has 0 saturated carbocycles. The van der Waals surface area contributed by atoms with Crippen LogP contribution in [0.3, 0.4) is 0 Å². The number of alkyl halides is 2. The maximum atomic E-state index is 12.8. The standard InChI is InChI=1S/C19H24F2N4O3S.HI/c1-11(2)4-17-23-8-13(29-17)9-25-19(22-3)24-7-12-5-15-16(27-10-26-15)6-14(12)28-18(20)21;/h5-6,8,11,18H,4,7,9-10H2,1-3H3,(H2,22,24,25);1H. The zero-order valence-corrected chi connectivity index (χ0v) is 20.1. The van der Waals surface area contributed by atoms with Crippen molar-refractivity contribution < 1.29 is 23.0 Å². The van der Waals surface area contributed by atoms with Crippen LogP contribution in [-0.2, 0) is 19.5 Å². The third-order valence-electron chi connectivity index (χ3n) is 4.06. The van der Waals surface area contributed by atoms with Crippen LogP contribution >= 0.6 is 35.3 Å². The van der Waals surface area contributed by atoms with Crippen molar-refractivity contribution in [2.24, 2.45) is 10.9 Å². The fraction of sp³-hybridized carbons (Fsp3) is 0.474. The number of benzene rings is 1. The van der Waals surface area contributed by atoms with E-state index in [2.05, 4.69) is 39.2 Å². The summed E-state index contributed by atoms with van der Waals surface area (Å²) in [5.41, 5.74) is 0.509. The molecule has 30 heavy (non-hydrogen) atoms. The van der Waals surface area contributed by atoms with Gasteiger partial charge in [-0.25, -0.2) is 4.98 Å². The number of aliphatic imine (C=N–C) groups is 1. The lowest BCUT2D eigenvalue weighted by Crippen LogP contribution is -2.36. The SMILES string of the molecule is CN=C(NCc1cnc(CC(C)C)s1)NCc1cc2c(cc1OC(F)F)OCO2.I. The summed E-state index contributed by atoms with van der Waals surface area (Å²) in [5.74, 6) is 2.00. The molecule has 0 atom stereocenters. The minimum Gasteiger partial charge on any atom is -0.454 e. The van der Waals surface area contributed by atoms with Gasteiger partial charge in [0.2, 0.25) is 6.79 Å². The molecule has 1 aliphatic rings. The predicted molar refractivity (Wildman–Crippen MR) is 122 cm³/mol. The summed E-state index contributed by atoms with van der Waals surface area (Å²) in [6.45, 7) is 2.23. The normalized spacial score (nSPS) is 12.8. The first-order chi connectivity index (χ1) is 13.9. The zero-order valence-electron chi connectivity index (χ0n) is 16.9. The van der Waals surface area contributed by atoms with Crippen LogP contribution in [0, 0.1) is 5.92 Å². The highest BCUT2D eigenvalue weighted by atomic mass is 127. The molecule has 166 valence electrons. The molecule has 0 bridgehead atoms. The summed E-state index contributed by atoms with van der Waals surface area (Å²) in [7, 11) is 1.64. The molecule has 11 heteroatoms. The van der Waals surface area contributed by atoms with Gasteiger partial charge in [-0.05, 0) is 12.0 Å². The molecule has 2 N–H and O–H groups in total. The van der Waals surface area contributed by atoms with Gasteiger partial charge in [0.15, 0.2) is 17.5 Å². The molecule has 0 saturated heterocycles. The molecular formula is C19H25F2IN4O3S. The summed E-state index contributed by atoms with van der Waals surface area (Å²) >= 11 is 1.66. The van der Waals surface area contributed by atoms with Crippen molar-refractivity contribution in [2.75, 3.05) is 13.8 Å². The Kier molecular flexibility index (Phi) is 9.34. The second kappa shape index (κ2) is 11.5. The van der Waals surface area contributed by atoms with Crippen molar-refractivity contribution in [3.05, 3.63) is 33.8 Å². The van der Waals surface area contributed by atoms with E-state index in [9.17, 15) is 8.78 Å². The minimum absolute atomic E-state index is 0. The zero-order chi connectivity index (χ0) is 20.8. The predicted octanol–water partition coefficient (Wildman–Crippen LogP) is 4.15. The highest BCUT2D eigenvalue weighted by molar-refractivity contribution is 14.0. The van der Waals surface area contributed by atoms with E-state index in [0.29, 0.717) is 35.5 Å². The number of nitrogens with zero attached hydrogens (tertiary/aromatic N) is 2. The van der Waals surface area contributed by atoms with E-state index >= 15 is 0 Å². The van der Waals surface area contributed by atoms with E-state index in [4.69, 9.17) is 9.47 Å². The van der Waals surface area contributed by atoms with Crippen molar-refractivity contribution in [2.45, 2.75) is 40.0 Å². The van der Waals surface area contributed by atoms with Gasteiger partial charge in [0.25, 0.3) is 0 Å². The van der Waals surface area contributed by atoms with E-state index in [1.54, 1.807) is 24.5 Å². The van der Waals surface area contributed by atoms with Crippen LogP contribution < -0.4 is 24.8 Å². The fourth-order valence-electron chi connectivity index (χ4n) is 2.75. The van der Waals surface area contributed by atoms with Gasteiger partial charge in [-0.1, -0.05) is 13.8 Å². The number of guanidine groups is 1. The Balaban J connectivity index is 0.00000320. The van der Waals surface area contributed by atoms with E-state index in [1.807, 2.05) is 6.20 Å². The number of halogens is 3. The fourth-order valence-corrected chi connectivity index (χ4v) is 3.83. The molecule has 3 rings (SSSR count). The molecule has 0 spiro atoms. The maximum Gasteiger partial charge on any atom is 0.387 e. The first-order valence-corrected chi connectivity index (χ1v) is 10.0. The summed E-state index contributed by atoms with van der Waals surface area (Å²) < 4.78 is 40.7. The van der Waals surface area contributed by atoms with Gasteiger partial charge in [-0.15, -0.1) is 35.3 Å². The van der Waals surface area contributed by atoms with E-state index in [-0.39, 0.29) is 43.1 Å². The summed E-state index contributed by atoms with van der Waals surface area (Å²) in [4.78, 5) is 9.69. The van der Waals surface area contributed by atoms with Gasteiger partial charge < -0.3 is 24.8 Å². The number of fused-ring (bicyclic) bond motifs is 1. The molecule has 0 fully saturated rings. The molecule has 0 amide bonds. The lowest BCUT2D eigenvalue weighted by Gasteiger charge is -2.15. The summed E-state index contributed by atoms with van der Waals surface area (Å²) in [5, 5.41) is 7.41. The topological polar surface area (TPSA) is 77.0 Å². The van der Waals surface area contributed by atoms with Crippen LogP contribution in [0.15, 0.2) is 23.3 Å². The number of hydrogen-bond acceptors (Lipinski definition) is 6. The van der Waals surface area contributed by atoms with Crippen LogP contribution in [0.25, 0.3) is 0 Å². The molecule has 1 aliphatic heterocycles. The van der Waals surface area contributed by atoms with Crippen LogP contribution in [0.5, 0.6) is 17.2 Å². The average molecular weight is 554 g/mol. The quantitative estimate of drug-likeness (QED) is 0.290. The van der Waals surface area contributed by atoms with Gasteiger partial charge in [-0.3, -0.25) is 4.99 Å². The number of hydrogen-bond donors (Lipinski definition) is 2. The first kappa shape index (κ1) is 24.4. The van der Waals surface area contributed by atoms with Crippen LogP contribution in [0.2, 0.25) is 0 Å². The number of ether oxygens (including phenoxy) is 3. The Morgan fingerprint density at radius 2 is 1.93 bits per heavy atom. The number of aromatic nitrogens is 1. The van der Waals surface area contributed by atoms with E-state index in [0.717, 1.165) is 16.3 Å². The lowest BCUT2D eigenvalue weighted by molar-refractivity contribution is -0.0505. The number of nitrogens with one attached hydrogen (secondary N) is 2. The van der Waals surface area contributed by atoms with Gasteiger partial charge in [0.1, 0.15) is 5.75 Å². The Morgan fingerprint density at radius 3 is 2.60 bits per heavy atom.